The Labute approximate surface area is 188 Å². The van der Waals surface area contributed by atoms with E-state index in [0.29, 0.717) is 33.6 Å². The SMILES string of the molecule is C=C(Nc1nc(-c2ccc(C#N)cc2)nc2c1cnn2-c1ccccc1)c1ccc(N)s1. The second kappa shape index (κ2) is 7.98. The molecule has 0 bridgehead atoms. The molecule has 3 heterocycles. The zero-order chi connectivity index (χ0) is 22.1. The molecule has 0 saturated carbocycles. The smallest absolute Gasteiger partial charge is 0.169 e. The molecule has 5 aromatic rings. The number of thiophene rings is 1. The molecule has 32 heavy (non-hydrogen) atoms. The van der Waals surface area contributed by atoms with Crippen molar-refractivity contribution in [3.63, 3.8) is 0 Å². The van der Waals surface area contributed by atoms with Crippen molar-refractivity contribution in [2.24, 2.45) is 0 Å². The van der Waals surface area contributed by atoms with Gasteiger partial charge in [-0.1, -0.05) is 24.8 Å². The van der Waals surface area contributed by atoms with Crippen LogP contribution in [0.1, 0.15) is 10.4 Å². The Balaban J connectivity index is 1.66. The number of nitrogens with two attached hydrogens (primary N) is 1. The van der Waals surface area contributed by atoms with E-state index in [9.17, 15) is 0 Å². The predicted molar refractivity (Wildman–Crippen MR) is 128 cm³/mol. The lowest BCUT2D eigenvalue weighted by atomic mass is 10.1. The van der Waals surface area contributed by atoms with Gasteiger partial charge in [-0.05, 0) is 48.5 Å². The van der Waals surface area contributed by atoms with Crippen LogP contribution in [-0.4, -0.2) is 19.7 Å². The fraction of sp³-hybridized carbons (Fsp3) is 0. The molecule has 7 nitrogen and oxygen atoms in total. The van der Waals surface area contributed by atoms with Crippen molar-refractivity contribution in [1.29, 1.82) is 5.26 Å². The molecule has 0 aliphatic heterocycles. The standard InChI is InChI=1S/C24H17N7S/c1-15(20-11-12-21(26)32-20)28-23-19-14-27-31(18-5-3-2-4-6-18)24(19)30-22(29-23)17-9-7-16(13-25)8-10-17/h2-12,14H,1,26H2,(H,28,29,30). The van der Waals surface area contributed by atoms with E-state index in [-0.39, 0.29) is 0 Å². The van der Waals surface area contributed by atoms with Gasteiger partial charge in [0.05, 0.1) is 38.8 Å². The molecule has 0 aliphatic rings. The van der Waals surface area contributed by atoms with Crippen molar-refractivity contribution in [3.05, 3.63) is 89.9 Å². The molecule has 0 unspecified atom stereocenters. The van der Waals surface area contributed by atoms with Gasteiger partial charge in [0.1, 0.15) is 5.82 Å². The van der Waals surface area contributed by atoms with Gasteiger partial charge in [-0.15, -0.1) is 11.3 Å². The van der Waals surface area contributed by atoms with Gasteiger partial charge in [0.15, 0.2) is 11.5 Å². The molecule has 3 aromatic heterocycles. The van der Waals surface area contributed by atoms with E-state index in [2.05, 4.69) is 23.1 Å². The van der Waals surface area contributed by atoms with E-state index in [0.717, 1.165) is 21.5 Å². The number of rotatable bonds is 5. The average molecular weight is 436 g/mol. The van der Waals surface area contributed by atoms with Crippen LogP contribution >= 0.6 is 11.3 Å². The Morgan fingerprint density at radius 1 is 1.03 bits per heavy atom. The van der Waals surface area contributed by atoms with Gasteiger partial charge in [-0.25, -0.2) is 14.6 Å². The summed E-state index contributed by atoms with van der Waals surface area (Å²) in [6.45, 7) is 4.15. The first-order valence-corrected chi connectivity index (χ1v) is 10.6. The van der Waals surface area contributed by atoms with Crippen LogP contribution in [0.5, 0.6) is 0 Å². The Hall–Kier alpha value is -4.48. The highest BCUT2D eigenvalue weighted by Gasteiger charge is 2.16. The summed E-state index contributed by atoms with van der Waals surface area (Å²) in [5.74, 6) is 1.11. The van der Waals surface area contributed by atoms with Crippen molar-refractivity contribution >= 4 is 38.9 Å². The van der Waals surface area contributed by atoms with E-state index < -0.39 is 0 Å². The summed E-state index contributed by atoms with van der Waals surface area (Å²) in [5.41, 5.74) is 9.48. The summed E-state index contributed by atoms with van der Waals surface area (Å²) in [4.78, 5) is 10.5. The normalized spacial score (nSPS) is 10.7. The third-order valence-electron chi connectivity index (χ3n) is 4.89. The molecule has 5 rings (SSSR count). The molecule has 8 heteroatoms. The zero-order valence-electron chi connectivity index (χ0n) is 16.9. The monoisotopic (exact) mass is 435 g/mol. The molecule has 0 fully saturated rings. The highest BCUT2D eigenvalue weighted by atomic mass is 32.1. The number of hydrogen-bond donors (Lipinski definition) is 2. The van der Waals surface area contributed by atoms with Crippen molar-refractivity contribution in [1.82, 2.24) is 19.7 Å². The topological polar surface area (TPSA) is 105 Å². The van der Waals surface area contributed by atoms with Gasteiger partial charge in [0.2, 0.25) is 0 Å². The Bertz CT molecular complexity index is 1470. The first kappa shape index (κ1) is 19.5. The lowest BCUT2D eigenvalue weighted by Crippen LogP contribution is -2.04. The summed E-state index contributed by atoms with van der Waals surface area (Å²) in [7, 11) is 0. The van der Waals surface area contributed by atoms with E-state index in [4.69, 9.17) is 21.0 Å². The average Bonchev–Trinajstić information content (AvgIpc) is 3.46. The molecule has 154 valence electrons. The summed E-state index contributed by atoms with van der Waals surface area (Å²) in [6, 6.07) is 22.9. The van der Waals surface area contributed by atoms with Crippen LogP contribution in [0, 0.1) is 11.3 Å². The minimum Gasteiger partial charge on any atom is -0.391 e. The summed E-state index contributed by atoms with van der Waals surface area (Å²) in [6.07, 6.45) is 1.74. The Kier molecular flexibility index (Phi) is 4.86. The number of aromatic nitrogens is 4. The van der Waals surface area contributed by atoms with Crippen molar-refractivity contribution in [2.45, 2.75) is 0 Å². The van der Waals surface area contributed by atoms with E-state index in [1.54, 1.807) is 23.0 Å². The van der Waals surface area contributed by atoms with Crippen molar-refractivity contribution in [3.8, 4) is 23.1 Å². The maximum atomic E-state index is 9.11. The van der Waals surface area contributed by atoms with Crippen LogP contribution in [0.4, 0.5) is 10.8 Å². The lowest BCUT2D eigenvalue weighted by Gasteiger charge is -2.11. The van der Waals surface area contributed by atoms with Gasteiger partial charge in [0, 0.05) is 11.3 Å². The molecule has 0 amide bonds. The van der Waals surface area contributed by atoms with E-state index >= 15 is 0 Å². The molecule has 0 atom stereocenters. The molecule has 2 aromatic carbocycles. The molecule has 0 spiro atoms. The number of nitrogens with zero attached hydrogens (tertiary/aromatic N) is 5. The number of hydrogen-bond acceptors (Lipinski definition) is 7. The fourth-order valence-corrected chi connectivity index (χ4v) is 4.00. The van der Waals surface area contributed by atoms with Crippen molar-refractivity contribution in [2.75, 3.05) is 11.1 Å². The number of para-hydroxylation sites is 1. The molecular formula is C24H17N7S. The quantitative estimate of drug-likeness (QED) is 0.399. The largest absolute Gasteiger partial charge is 0.391 e. The summed E-state index contributed by atoms with van der Waals surface area (Å²) in [5, 5.41) is 18.5. The van der Waals surface area contributed by atoms with Gasteiger partial charge in [-0.3, -0.25) is 0 Å². The minimum atomic E-state index is 0.515. The third kappa shape index (κ3) is 3.57. The first-order valence-electron chi connectivity index (χ1n) is 9.76. The third-order valence-corrected chi connectivity index (χ3v) is 5.87. The summed E-state index contributed by atoms with van der Waals surface area (Å²) >= 11 is 1.45. The fourth-order valence-electron chi connectivity index (χ4n) is 3.30. The van der Waals surface area contributed by atoms with Gasteiger partial charge in [-0.2, -0.15) is 10.4 Å². The second-order valence-electron chi connectivity index (χ2n) is 7.02. The number of fused-ring (bicyclic) bond motifs is 1. The number of nitrogen functional groups attached to an aromatic ring is 1. The van der Waals surface area contributed by atoms with Crippen LogP contribution in [0.2, 0.25) is 0 Å². The van der Waals surface area contributed by atoms with Crippen LogP contribution in [0.25, 0.3) is 33.8 Å². The van der Waals surface area contributed by atoms with E-state index in [1.165, 1.54) is 11.3 Å². The minimum absolute atomic E-state index is 0.515. The first-order chi connectivity index (χ1) is 15.6. The zero-order valence-corrected chi connectivity index (χ0v) is 17.7. The van der Waals surface area contributed by atoms with Crippen LogP contribution in [0.15, 0.2) is 79.5 Å². The molecule has 0 radical (unpaired) electrons. The van der Waals surface area contributed by atoms with Crippen LogP contribution in [-0.2, 0) is 0 Å². The predicted octanol–water partition coefficient (Wildman–Crippen LogP) is 5.08. The molecule has 3 N–H and O–H groups in total. The Morgan fingerprint density at radius 3 is 2.50 bits per heavy atom. The number of anilines is 2. The highest BCUT2D eigenvalue weighted by molar-refractivity contribution is 7.16. The summed E-state index contributed by atoms with van der Waals surface area (Å²) < 4.78 is 1.78. The van der Waals surface area contributed by atoms with Gasteiger partial charge >= 0.3 is 0 Å². The van der Waals surface area contributed by atoms with Crippen molar-refractivity contribution < 1.29 is 0 Å². The molecule has 0 saturated heterocycles. The number of benzene rings is 2. The molecular weight excluding hydrogens is 418 g/mol. The highest BCUT2D eigenvalue weighted by Crippen LogP contribution is 2.31. The van der Waals surface area contributed by atoms with Gasteiger partial charge in [0.25, 0.3) is 0 Å². The van der Waals surface area contributed by atoms with Crippen LogP contribution in [0.3, 0.4) is 0 Å². The number of nitriles is 1. The van der Waals surface area contributed by atoms with Gasteiger partial charge < -0.3 is 11.1 Å². The van der Waals surface area contributed by atoms with E-state index in [1.807, 2.05) is 54.6 Å². The van der Waals surface area contributed by atoms with Crippen LogP contribution < -0.4 is 11.1 Å². The lowest BCUT2D eigenvalue weighted by molar-refractivity contribution is 0.896. The molecule has 0 aliphatic carbocycles. The number of nitrogens with one attached hydrogen (secondary N) is 1. The maximum Gasteiger partial charge on any atom is 0.169 e. The second-order valence-corrected chi connectivity index (χ2v) is 8.14. The Morgan fingerprint density at radius 2 is 1.81 bits per heavy atom. The maximum absolute atomic E-state index is 9.11.